The summed E-state index contributed by atoms with van der Waals surface area (Å²) in [7, 11) is 0. The Morgan fingerprint density at radius 3 is 2.88 bits per heavy atom. The molecule has 0 bridgehead atoms. The Bertz CT molecular complexity index is 388. The number of amides is 1. The Morgan fingerprint density at radius 2 is 2.29 bits per heavy atom. The van der Waals surface area contributed by atoms with E-state index in [1.165, 1.54) is 0 Å². The number of hydrogen-bond donors (Lipinski definition) is 2. The molecule has 3 N–H and O–H groups in total. The highest BCUT2D eigenvalue weighted by Gasteiger charge is 2.26. The number of carbonyl (C=O) groups is 1. The summed E-state index contributed by atoms with van der Waals surface area (Å²) in [6, 6.07) is 1.91. The van der Waals surface area contributed by atoms with E-state index in [-0.39, 0.29) is 5.91 Å². The molecule has 1 aromatic rings. The van der Waals surface area contributed by atoms with Gasteiger partial charge in [0, 0.05) is 18.9 Å². The van der Waals surface area contributed by atoms with E-state index < -0.39 is 5.54 Å². The summed E-state index contributed by atoms with van der Waals surface area (Å²) < 4.78 is 0. The average Bonchev–Trinajstić information content (AvgIpc) is 2.27. The lowest BCUT2D eigenvalue weighted by Crippen LogP contribution is -2.51. The van der Waals surface area contributed by atoms with Gasteiger partial charge in [-0.2, -0.15) is 0 Å². The molecule has 0 aliphatic carbocycles. The molecule has 1 rings (SSSR count). The molecule has 0 fully saturated rings. The zero-order valence-electron chi connectivity index (χ0n) is 10.8. The van der Waals surface area contributed by atoms with Crippen LogP contribution in [-0.2, 0) is 11.3 Å². The molecule has 94 valence electrons. The molecule has 0 saturated carbocycles. The third kappa shape index (κ3) is 3.82. The highest BCUT2D eigenvalue weighted by molar-refractivity contribution is 5.85. The van der Waals surface area contributed by atoms with Gasteiger partial charge in [-0.15, -0.1) is 0 Å². The van der Waals surface area contributed by atoms with Crippen LogP contribution in [0.15, 0.2) is 18.5 Å². The fraction of sp³-hybridized carbons (Fsp3) is 0.538. The van der Waals surface area contributed by atoms with E-state index in [1.54, 1.807) is 19.3 Å². The van der Waals surface area contributed by atoms with Gasteiger partial charge in [0.15, 0.2) is 0 Å². The van der Waals surface area contributed by atoms with Gasteiger partial charge in [0.2, 0.25) is 5.91 Å². The molecule has 0 aliphatic rings. The van der Waals surface area contributed by atoms with Crippen molar-refractivity contribution in [3.8, 4) is 0 Å². The molecular formula is C13H21N3O. The number of aryl methyl sites for hydroxylation is 1. The Labute approximate surface area is 103 Å². The molecule has 1 amide bonds. The maximum Gasteiger partial charge on any atom is 0.240 e. The molecule has 1 heterocycles. The Hall–Kier alpha value is -1.42. The number of rotatable bonds is 5. The van der Waals surface area contributed by atoms with Crippen LogP contribution in [-0.4, -0.2) is 16.4 Å². The lowest BCUT2D eigenvalue weighted by Gasteiger charge is -2.23. The normalized spacial score (nSPS) is 14.1. The molecule has 1 unspecified atom stereocenters. The summed E-state index contributed by atoms with van der Waals surface area (Å²) >= 11 is 0. The van der Waals surface area contributed by atoms with Crippen molar-refractivity contribution < 1.29 is 4.79 Å². The van der Waals surface area contributed by atoms with Gasteiger partial charge in [0.05, 0.1) is 5.54 Å². The van der Waals surface area contributed by atoms with Crippen molar-refractivity contribution in [1.82, 2.24) is 10.3 Å². The van der Waals surface area contributed by atoms with Gasteiger partial charge in [-0.1, -0.05) is 13.3 Å². The first-order valence-corrected chi connectivity index (χ1v) is 5.94. The maximum atomic E-state index is 11.9. The topological polar surface area (TPSA) is 68.0 Å². The van der Waals surface area contributed by atoms with Crippen molar-refractivity contribution in [1.29, 1.82) is 0 Å². The minimum Gasteiger partial charge on any atom is -0.350 e. The van der Waals surface area contributed by atoms with Gasteiger partial charge in [0.1, 0.15) is 0 Å². The molecule has 0 aromatic carbocycles. The fourth-order valence-electron chi connectivity index (χ4n) is 1.71. The highest BCUT2D eigenvalue weighted by Crippen LogP contribution is 2.10. The Balaban J connectivity index is 2.57. The first-order chi connectivity index (χ1) is 7.97. The Morgan fingerprint density at radius 1 is 1.59 bits per heavy atom. The fourth-order valence-corrected chi connectivity index (χ4v) is 1.71. The molecule has 0 aliphatic heterocycles. The van der Waals surface area contributed by atoms with Crippen LogP contribution >= 0.6 is 0 Å². The average molecular weight is 235 g/mol. The number of pyridine rings is 1. The zero-order valence-corrected chi connectivity index (χ0v) is 10.8. The monoisotopic (exact) mass is 235 g/mol. The van der Waals surface area contributed by atoms with Crippen LogP contribution in [0.25, 0.3) is 0 Å². The number of carbonyl (C=O) groups excluding carboxylic acids is 1. The summed E-state index contributed by atoms with van der Waals surface area (Å²) in [5.41, 5.74) is 7.31. The standard InChI is InChI=1S/C13H21N3O/c1-4-6-13(3,14)12(17)16-9-11-5-7-15-8-10(11)2/h5,7-8H,4,6,9,14H2,1-3H3,(H,16,17). The van der Waals surface area contributed by atoms with E-state index in [9.17, 15) is 4.79 Å². The smallest absolute Gasteiger partial charge is 0.240 e. The summed E-state index contributed by atoms with van der Waals surface area (Å²) in [6.45, 7) is 6.27. The first-order valence-electron chi connectivity index (χ1n) is 5.94. The van der Waals surface area contributed by atoms with Crippen LogP contribution in [0.2, 0.25) is 0 Å². The highest BCUT2D eigenvalue weighted by atomic mass is 16.2. The molecule has 0 radical (unpaired) electrons. The Kier molecular flexibility index (Phi) is 4.63. The molecule has 0 saturated heterocycles. The van der Waals surface area contributed by atoms with Crippen molar-refractivity contribution in [2.75, 3.05) is 0 Å². The van der Waals surface area contributed by atoms with Gasteiger partial charge < -0.3 is 11.1 Å². The van der Waals surface area contributed by atoms with E-state index in [0.717, 1.165) is 17.5 Å². The van der Waals surface area contributed by atoms with Crippen molar-refractivity contribution in [3.05, 3.63) is 29.6 Å². The second kappa shape index (κ2) is 5.77. The minimum absolute atomic E-state index is 0.101. The minimum atomic E-state index is -0.782. The van der Waals surface area contributed by atoms with Crippen molar-refractivity contribution in [3.63, 3.8) is 0 Å². The van der Waals surface area contributed by atoms with Crippen molar-refractivity contribution in [2.45, 2.75) is 45.7 Å². The lowest BCUT2D eigenvalue weighted by molar-refractivity contribution is -0.126. The van der Waals surface area contributed by atoms with Gasteiger partial charge >= 0.3 is 0 Å². The number of aromatic nitrogens is 1. The number of hydrogen-bond acceptors (Lipinski definition) is 3. The van der Waals surface area contributed by atoms with Gasteiger partial charge in [-0.25, -0.2) is 0 Å². The van der Waals surface area contributed by atoms with E-state index in [4.69, 9.17) is 5.73 Å². The largest absolute Gasteiger partial charge is 0.350 e. The lowest BCUT2D eigenvalue weighted by atomic mass is 9.96. The second-order valence-corrected chi connectivity index (χ2v) is 4.65. The van der Waals surface area contributed by atoms with Crippen LogP contribution in [0.3, 0.4) is 0 Å². The van der Waals surface area contributed by atoms with E-state index in [1.807, 2.05) is 19.9 Å². The summed E-state index contributed by atoms with van der Waals surface area (Å²) in [5, 5.41) is 2.87. The van der Waals surface area contributed by atoms with Gasteiger partial charge in [0.25, 0.3) is 0 Å². The van der Waals surface area contributed by atoms with Gasteiger partial charge in [-0.05, 0) is 37.5 Å². The van der Waals surface area contributed by atoms with E-state index in [2.05, 4.69) is 10.3 Å². The zero-order chi connectivity index (χ0) is 12.9. The third-order valence-electron chi connectivity index (χ3n) is 2.86. The van der Waals surface area contributed by atoms with Gasteiger partial charge in [-0.3, -0.25) is 9.78 Å². The third-order valence-corrected chi connectivity index (χ3v) is 2.86. The molecule has 17 heavy (non-hydrogen) atoms. The molecular weight excluding hydrogens is 214 g/mol. The quantitative estimate of drug-likeness (QED) is 0.813. The van der Waals surface area contributed by atoms with E-state index in [0.29, 0.717) is 13.0 Å². The summed E-state index contributed by atoms with van der Waals surface area (Å²) in [4.78, 5) is 15.9. The maximum absolute atomic E-state index is 11.9. The molecule has 1 atom stereocenters. The van der Waals surface area contributed by atoms with Crippen LogP contribution in [0.4, 0.5) is 0 Å². The van der Waals surface area contributed by atoms with Crippen molar-refractivity contribution in [2.24, 2.45) is 5.73 Å². The van der Waals surface area contributed by atoms with E-state index >= 15 is 0 Å². The molecule has 1 aromatic heterocycles. The molecule has 0 spiro atoms. The summed E-state index contributed by atoms with van der Waals surface area (Å²) in [5.74, 6) is -0.101. The number of nitrogens with two attached hydrogens (primary N) is 1. The molecule has 4 nitrogen and oxygen atoms in total. The van der Waals surface area contributed by atoms with Crippen LogP contribution in [0.1, 0.15) is 37.8 Å². The summed E-state index contributed by atoms with van der Waals surface area (Å²) in [6.07, 6.45) is 5.10. The van der Waals surface area contributed by atoms with Crippen LogP contribution in [0, 0.1) is 6.92 Å². The van der Waals surface area contributed by atoms with Crippen LogP contribution in [0.5, 0.6) is 0 Å². The number of nitrogens with zero attached hydrogens (tertiary/aromatic N) is 1. The second-order valence-electron chi connectivity index (χ2n) is 4.65. The molecule has 4 heteroatoms. The van der Waals surface area contributed by atoms with Crippen LogP contribution < -0.4 is 11.1 Å². The predicted octanol–water partition coefficient (Wildman–Crippen LogP) is 1.52. The first kappa shape index (κ1) is 13.6. The van der Waals surface area contributed by atoms with Crippen molar-refractivity contribution >= 4 is 5.91 Å². The number of nitrogens with one attached hydrogen (secondary N) is 1. The SMILES string of the molecule is CCCC(C)(N)C(=O)NCc1ccncc1C. The predicted molar refractivity (Wildman–Crippen MR) is 68.3 cm³/mol.